The first-order valence-electron chi connectivity index (χ1n) is 6.09. The van der Waals surface area contributed by atoms with Crippen LogP contribution in [0.5, 0.6) is 0 Å². The van der Waals surface area contributed by atoms with Crippen LogP contribution in [-0.4, -0.2) is 17.6 Å². The van der Waals surface area contributed by atoms with Crippen LogP contribution in [0.4, 0.5) is 5.69 Å². The van der Waals surface area contributed by atoms with Crippen LogP contribution in [0.15, 0.2) is 29.2 Å². The summed E-state index contributed by atoms with van der Waals surface area (Å²) < 4.78 is 0. The smallest absolute Gasteiger partial charge is 0.549 e. The largest absolute Gasteiger partial charge is 1.00 e. The molecule has 0 atom stereocenters. The first kappa shape index (κ1) is 20.1. The van der Waals surface area contributed by atoms with Crippen molar-refractivity contribution < 1.29 is 66.1 Å². The van der Waals surface area contributed by atoms with Crippen LogP contribution in [0.25, 0.3) is 0 Å². The van der Waals surface area contributed by atoms with Gasteiger partial charge >= 0.3 is 51.4 Å². The summed E-state index contributed by atoms with van der Waals surface area (Å²) in [5.74, 6) is -1.19. The zero-order valence-electron chi connectivity index (χ0n) is 12.4. The van der Waals surface area contributed by atoms with Crippen LogP contribution in [-0.2, 0) is 9.59 Å². The number of carbonyl (C=O) groups is 2. The van der Waals surface area contributed by atoms with Gasteiger partial charge in [0.25, 0.3) is 0 Å². The van der Waals surface area contributed by atoms with E-state index in [0.717, 1.165) is 11.3 Å². The number of anilines is 1. The van der Waals surface area contributed by atoms with Gasteiger partial charge in [0.2, 0.25) is 5.91 Å². The van der Waals surface area contributed by atoms with E-state index in [0.29, 0.717) is 5.69 Å². The molecule has 104 valence electrons. The van der Waals surface area contributed by atoms with E-state index < -0.39 is 11.4 Å². The van der Waals surface area contributed by atoms with Crippen molar-refractivity contribution in [3.8, 4) is 0 Å². The number of thioether (sulfide) groups is 1. The van der Waals surface area contributed by atoms with Crippen molar-refractivity contribution in [1.82, 2.24) is 0 Å². The van der Waals surface area contributed by atoms with E-state index in [1.54, 1.807) is 24.3 Å². The fourth-order valence-electron chi connectivity index (χ4n) is 1.24. The Morgan fingerprint density at radius 2 is 1.80 bits per heavy atom. The van der Waals surface area contributed by atoms with Gasteiger partial charge in [-0.15, -0.1) is 11.8 Å². The van der Waals surface area contributed by atoms with Gasteiger partial charge in [-0.05, 0) is 30.7 Å². The average Bonchev–Trinajstić information content (AvgIpc) is 2.37. The molecule has 0 fully saturated rings. The number of carboxylic acids is 1. The van der Waals surface area contributed by atoms with Crippen LogP contribution in [0, 0.1) is 5.41 Å². The SMILES string of the molecule is CCC(C)(C)C(=O)Nc1ccc(SCC(=O)[O-])cc1.[K+]. The number of amides is 1. The van der Waals surface area contributed by atoms with E-state index in [9.17, 15) is 14.7 Å². The molecule has 1 rings (SSSR count). The van der Waals surface area contributed by atoms with E-state index in [1.165, 1.54) is 11.8 Å². The fraction of sp³-hybridized carbons (Fsp3) is 0.429. The van der Waals surface area contributed by atoms with Gasteiger partial charge in [-0.2, -0.15) is 0 Å². The molecule has 0 spiro atoms. The second-order valence-electron chi connectivity index (χ2n) is 4.88. The van der Waals surface area contributed by atoms with Crippen LogP contribution >= 0.6 is 11.8 Å². The van der Waals surface area contributed by atoms with E-state index in [4.69, 9.17) is 0 Å². The molecule has 6 heteroatoms. The maximum Gasteiger partial charge on any atom is 1.00 e. The predicted molar refractivity (Wildman–Crippen MR) is 74.9 cm³/mol. The zero-order chi connectivity index (χ0) is 14.5. The van der Waals surface area contributed by atoms with E-state index >= 15 is 0 Å². The molecule has 4 nitrogen and oxygen atoms in total. The third-order valence-corrected chi connectivity index (χ3v) is 3.95. The Hall–Kier alpha value is 0.146. The number of aliphatic carboxylic acids is 1. The quantitative estimate of drug-likeness (QED) is 0.534. The summed E-state index contributed by atoms with van der Waals surface area (Å²) in [5, 5.41) is 13.2. The molecule has 0 aliphatic rings. The van der Waals surface area contributed by atoms with E-state index in [-0.39, 0.29) is 63.0 Å². The monoisotopic (exact) mass is 319 g/mol. The van der Waals surface area contributed by atoms with E-state index in [1.807, 2.05) is 20.8 Å². The first-order chi connectivity index (χ1) is 8.85. The van der Waals surface area contributed by atoms with Crippen molar-refractivity contribution in [2.45, 2.75) is 32.1 Å². The van der Waals surface area contributed by atoms with Crippen molar-refractivity contribution >= 4 is 29.3 Å². The minimum atomic E-state index is -1.09. The van der Waals surface area contributed by atoms with Gasteiger partial charge in [-0.1, -0.05) is 20.8 Å². The molecule has 1 aromatic carbocycles. The third-order valence-electron chi connectivity index (χ3n) is 2.97. The summed E-state index contributed by atoms with van der Waals surface area (Å²) in [7, 11) is 0. The van der Waals surface area contributed by atoms with Gasteiger partial charge in [0, 0.05) is 21.8 Å². The molecule has 0 saturated heterocycles. The molecule has 0 aliphatic carbocycles. The van der Waals surface area contributed by atoms with Crippen LogP contribution in [0.2, 0.25) is 0 Å². The molecule has 0 radical (unpaired) electrons. The number of nitrogens with one attached hydrogen (secondary N) is 1. The van der Waals surface area contributed by atoms with Crippen molar-refractivity contribution in [2.75, 3.05) is 11.1 Å². The van der Waals surface area contributed by atoms with Crippen LogP contribution < -0.4 is 61.8 Å². The minimum absolute atomic E-state index is 0. The molecule has 1 N–H and O–H groups in total. The van der Waals surface area contributed by atoms with Gasteiger partial charge in [0.15, 0.2) is 0 Å². The molecular formula is C14H18KNO3S. The molecule has 0 aliphatic heterocycles. The van der Waals surface area contributed by atoms with Crippen molar-refractivity contribution in [3.63, 3.8) is 0 Å². The number of benzene rings is 1. The molecule has 0 bridgehead atoms. The Kier molecular flexibility index (Phi) is 9.29. The Morgan fingerprint density at radius 1 is 1.25 bits per heavy atom. The summed E-state index contributed by atoms with van der Waals surface area (Å²) in [6.07, 6.45) is 0.762. The topological polar surface area (TPSA) is 69.2 Å². The second kappa shape index (κ2) is 9.22. The Labute approximate surface area is 166 Å². The van der Waals surface area contributed by atoms with Gasteiger partial charge in [-0.25, -0.2) is 0 Å². The predicted octanol–water partition coefficient (Wildman–Crippen LogP) is -1.09. The molecule has 20 heavy (non-hydrogen) atoms. The summed E-state index contributed by atoms with van der Waals surface area (Å²) in [5.41, 5.74) is 0.312. The molecule has 1 aromatic rings. The summed E-state index contributed by atoms with van der Waals surface area (Å²) in [6, 6.07) is 7.09. The Balaban J connectivity index is 0.00000361. The first-order valence-corrected chi connectivity index (χ1v) is 7.08. The maximum absolute atomic E-state index is 12.0. The summed E-state index contributed by atoms with van der Waals surface area (Å²) in [4.78, 5) is 23.1. The summed E-state index contributed by atoms with van der Waals surface area (Å²) in [6.45, 7) is 5.76. The summed E-state index contributed by atoms with van der Waals surface area (Å²) >= 11 is 1.19. The number of rotatable bonds is 6. The van der Waals surface area contributed by atoms with Crippen molar-refractivity contribution in [2.24, 2.45) is 5.41 Å². The molecule has 1 amide bonds. The molecular weight excluding hydrogens is 301 g/mol. The molecule has 0 unspecified atom stereocenters. The number of hydrogen-bond acceptors (Lipinski definition) is 4. The second-order valence-corrected chi connectivity index (χ2v) is 5.93. The molecule has 0 heterocycles. The Morgan fingerprint density at radius 3 is 2.25 bits per heavy atom. The number of carbonyl (C=O) groups excluding carboxylic acids is 2. The van der Waals surface area contributed by atoms with Gasteiger partial charge in [0.05, 0.1) is 5.97 Å². The zero-order valence-corrected chi connectivity index (χ0v) is 16.3. The average molecular weight is 319 g/mol. The van der Waals surface area contributed by atoms with Crippen LogP contribution in [0.1, 0.15) is 27.2 Å². The maximum atomic E-state index is 12.0. The minimum Gasteiger partial charge on any atom is -0.549 e. The van der Waals surface area contributed by atoms with Gasteiger partial charge < -0.3 is 15.2 Å². The normalized spacial score (nSPS) is 10.6. The molecule has 0 saturated carbocycles. The third kappa shape index (κ3) is 6.73. The van der Waals surface area contributed by atoms with Gasteiger partial charge in [0.1, 0.15) is 0 Å². The van der Waals surface area contributed by atoms with Crippen molar-refractivity contribution in [3.05, 3.63) is 24.3 Å². The molecule has 0 aromatic heterocycles. The van der Waals surface area contributed by atoms with Crippen molar-refractivity contribution in [1.29, 1.82) is 0 Å². The fourth-order valence-corrected chi connectivity index (χ4v) is 1.85. The number of hydrogen-bond donors (Lipinski definition) is 1. The standard InChI is InChI=1S/C14H19NO3S.K/c1-4-14(2,3)13(18)15-10-5-7-11(8-6-10)19-9-12(16)17;/h5-8H,4,9H2,1-3H3,(H,15,18)(H,16,17);/q;+1/p-1. The Bertz CT molecular complexity index is 460. The van der Waals surface area contributed by atoms with E-state index in [2.05, 4.69) is 5.32 Å². The van der Waals surface area contributed by atoms with Crippen LogP contribution in [0.3, 0.4) is 0 Å². The number of carboxylic acid groups (broad SMARTS) is 1. The van der Waals surface area contributed by atoms with Gasteiger partial charge in [-0.3, -0.25) is 4.79 Å².